The van der Waals surface area contributed by atoms with Crippen LogP contribution in [0.25, 0.3) is 0 Å². The fraction of sp³-hybridized carbons (Fsp3) is 0.625. The first kappa shape index (κ1) is 9.91. The third-order valence-electron chi connectivity index (χ3n) is 2.45. The average molecular weight is 212 g/mol. The summed E-state index contributed by atoms with van der Waals surface area (Å²) in [6, 6.07) is 0. The number of rotatable bonds is 2. The van der Waals surface area contributed by atoms with Gasteiger partial charge in [-0.1, -0.05) is 0 Å². The van der Waals surface area contributed by atoms with Crippen LogP contribution in [0, 0.1) is 10.1 Å². The van der Waals surface area contributed by atoms with E-state index < -0.39 is 11.0 Å². The number of aryl methyl sites for hydroxylation is 1. The Bertz CT molecular complexity index is 389. The molecule has 82 valence electrons. The number of aliphatic hydroxyl groups is 1. The van der Waals surface area contributed by atoms with E-state index in [2.05, 4.69) is 5.10 Å². The summed E-state index contributed by atoms with van der Waals surface area (Å²) in [6.07, 6.45) is 1.60. The van der Waals surface area contributed by atoms with Gasteiger partial charge < -0.3 is 10.0 Å². The van der Waals surface area contributed by atoms with Crippen LogP contribution in [0.2, 0.25) is 0 Å². The van der Waals surface area contributed by atoms with Crippen molar-refractivity contribution in [3.05, 3.63) is 16.3 Å². The van der Waals surface area contributed by atoms with Crippen LogP contribution in [0.5, 0.6) is 0 Å². The summed E-state index contributed by atoms with van der Waals surface area (Å²) in [5.74, 6) is 0.346. The molecule has 1 aromatic rings. The van der Waals surface area contributed by atoms with Crippen molar-refractivity contribution in [2.24, 2.45) is 7.05 Å². The molecule has 1 fully saturated rings. The maximum Gasteiger partial charge on any atom is 0.330 e. The fourth-order valence-corrected chi connectivity index (χ4v) is 1.75. The van der Waals surface area contributed by atoms with Crippen molar-refractivity contribution in [1.82, 2.24) is 9.78 Å². The molecule has 0 aliphatic carbocycles. The van der Waals surface area contributed by atoms with Gasteiger partial charge in [-0.25, -0.2) is 0 Å². The van der Waals surface area contributed by atoms with Crippen LogP contribution in [0.4, 0.5) is 11.5 Å². The molecule has 1 aromatic heterocycles. The Kier molecular flexibility index (Phi) is 2.31. The SMILES string of the molecule is Cn1cc([N+](=O)[O-])c(N2CC[C@H](O)C2)n1. The standard InChI is InChI=1S/C8H12N4O3/c1-10-5-7(12(14)15)8(9-10)11-3-2-6(13)4-11/h5-6,13H,2-4H2,1H3/t6-/m0/s1. The lowest BCUT2D eigenvalue weighted by Crippen LogP contribution is -2.22. The molecule has 1 aliphatic heterocycles. The summed E-state index contributed by atoms with van der Waals surface area (Å²) >= 11 is 0. The minimum absolute atomic E-state index is 0.00778. The first-order valence-electron chi connectivity index (χ1n) is 4.69. The monoisotopic (exact) mass is 212 g/mol. The third-order valence-corrected chi connectivity index (χ3v) is 2.45. The molecule has 7 nitrogen and oxygen atoms in total. The second-order valence-electron chi connectivity index (χ2n) is 3.66. The molecule has 7 heteroatoms. The molecular weight excluding hydrogens is 200 g/mol. The van der Waals surface area contributed by atoms with Crippen molar-refractivity contribution in [3.63, 3.8) is 0 Å². The zero-order valence-corrected chi connectivity index (χ0v) is 8.33. The lowest BCUT2D eigenvalue weighted by atomic mass is 10.3. The van der Waals surface area contributed by atoms with E-state index in [1.54, 1.807) is 11.9 Å². The predicted molar refractivity (Wildman–Crippen MR) is 52.7 cm³/mol. The predicted octanol–water partition coefficient (Wildman–Crippen LogP) is -0.101. The van der Waals surface area contributed by atoms with Gasteiger partial charge in [0, 0.05) is 20.1 Å². The van der Waals surface area contributed by atoms with Crippen LogP contribution in [0.15, 0.2) is 6.20 Å². The van der Waals surface area contributed by atoms with Crippen LogP contribution in [-0.4, -0.2) is 39.0 Å². The molecule has 15 heavy (non-hydrogen) atoms. The maximum atomic E-state index is 10.7. The smallest absolute Gasteiger partial charge is 0.330 e. The Morgan fingerprint density at radius 2 is 2.47 bits per heavy atom. The van der Waals surface area contributed by atoms with Gasteiger partial charge in [0.15, 0.2) is 0 Å². The van der Waals surface area contributed by atoms with E-state index in [0.29, 0.717) is 25.3 Å². The second kappa shape index (κ2) is 3.50. The molecule has 0 aromatic carbocycles. The summed E-state index contributed by atoms with van der Waals surface area (Å²) in [7, 11) is 1.64. The minimum atomic E-state index is -0.451. The highest BCUT2D eigenvalue weighted by molar-refractivity contribution is 5.57. The molecule has 0 unspecified atom stereocenters. The van der Waals surface area contributed by atoms with Crippen molar-refractivity contribution < 1.29 is 10.0 Å². The molecule has 1 saturated heterocycles. The maximum absolute atomic E-state index is 10.7. The summed E-state index contributed by atoms with van der Waals surface area (Å²) in [5, 5.41) is 24.1. The normalized spacial score (nSPS) is 20.9. The molecule has 0 spiro atoms. The lowest BCUT2D eigenvalue weighted by Gasteiger charge is -2.12. The molecule has 0 saturated carbocycles. The van der Waals surface area contributed by atoms with Crippen LogP contribution >= 0.6 is 0 Å². The molecule has 0 bridgehead atoms. The Balaban J connectivity index is 2.30. The first-order chi connectivity index (χ1) is 7.08. The Labute approximate surface area is 86.1 Å². The number of aromatic nitrogens is 2. The highest BCUT2D eigenvalue weighted by Gasteiger charge is 2.29. The van der Waals surface area contributed by atoms with Crippen molar-refractivity contribution in [2.75, 3.05) is 18.0 Å². The topological polar surface area (TPSA) is 84.4 Å². The zero-order valence-electron chi connectivity index (χ0n) is 8.33. The molecule has 1 N–H and O–H groups in total. The van der Waals surface area contributed by atoms with Crippen molar-refractivity contribution in [3.8, 4) is 0 Å². The number of aliphatic hydroxyl groups excluding tert-OH is 1. The van der Waals surface area contributed by atoms with Gasteiger partial charge in [-0.3, -0.25) is 14.8 Å². The van der Waals surface area contributed by atoms with E-state index in [4.69, 9.17) is 0 Å². The first-order valence-corrected chi connectivity index (χ1v) is 4.69. The van der Waals surface area contributed by atoms with Crippen molar-refractivity contribution in [2.45, 2.75) is 12.5 Å². The summed E-state index contributed by atoms with van der Waals surface area (Å²) < 4.78 is 1.41. The molecule has 1 aliphatic rings. The Morgan fingerprint density at radius 1 is 1.73 bits per heavy atom. The Hall–Kier alpha value is -1.63. The van der Waals surface area contributed by atoms with Gasteiger partial charge in [-0.15, -0.1) is 5.10 Å². The lowest BCUT2D eigenvalue weighted by molar-refractivity contribution is -0.384. The molecule has 2 rings (SSSR count). The summed E-state index contributed by atoms with van der Waals surface area (Å²) in [4.78, 5) is 12.0. The van der Waals surface area contributed by atoms with E-state index in [0.717, 1.165) is 0 Å². The fourth-order valence-electron chi connectivity index (χ4n) is 1.75. The second-order valence-corrected chi connectivity index (χ2v) is 3.66. The van der Waals surface area contributed by atoms with Gasteiger partial charge in [0.25, 0.3) is 0 Å². The van der Waals surface area contributed by atoms with Crippen molar-refractivity contribution in [1.29, 1.82) is 0 Å². The number of hydrogen-bond acceptors (Lipinski definition) is 5. The summed E-state index contributed by atoms with van der Waals surface area (Å²) in [6.45, 7) is 1.02. The van der Waals surface area contributed by atoms with Crippen LogP contribution < -0.4 is 4.90 Å². The summed E-state index contributed by atoms with van der Waals surface area (Å²) in [5.41, 5.74) is -0.00778. The Morgan fingerprint density at radius 3 is 3.00 bits per heavy atom. The van der Waals surface area contributed by atoms with E-state index in [-0.39, 0.29) is 5.69 Å². The van der Waals surface area contributed by atoms with Crippen LogP contribution in [0.1, 0.15) is 6.42 Å². The highest BCUT2D eigenvalue weighted by Crippen LogP contribution is 2.28. The number of anilines is 1. The van der Waals surface area contributed by atoms with Crippen LogP contribution in [-0.2, 0) is 7.05 Å². The van der Waals surface area contributed by atoms with Crippen molar-refractivity contribution >= 4 is 11.5 Å². The van der Waals surface area contributed by atoms with E-state index in [9.17, 15) is 15.2 Å². The van der Waals surface area contributed by atoms with E-state index in [1.807, 2.05) is 0 Å². The van der Waals surface area contributed by atoms with Gasteiger partial charge in [-0.05, 0) is 6.42 Å². The third kappa shape index (κ3) is 1.78. The number of nitro groups is 1. The van der Waals surface area contributed by atoms with E-state index in [1.165, 1.54) is 10.9 Å². The van der Waals surface area contributed by atoms with Gasteiger partial charge >= 0.3 is 5.69 Å². The van der Waals surface area contributed by atoms with Gasteiger partial charge in [0.05, 0.1) is 11.0 Å². The van der Waals surface area contributed by atoms with E-state index >= 15 is 0 Å². The highest BCUT2D eigenvalue weighted by atomic mass is 16.6. The molecule has 2 heterocycles. The average Bonchev–Trinajstić information content (AvgIpc) is 2.71. The zero-order chi connectivity index (χ0) is 11.0. The quantitative estimate of drug-likeness (QED) is 0.546. The molecule has 1 atom stereocenters. The largest absolute Gasteiger partial charge is 0.391 e. The number of β-amino-alcohol motifs (C(OH)–C–C–N with tert-alkyl or cyclic N) is 1. The molecule has 0 amide bonds. The molecule has 0 radical (unpaired) electrons. The van der Waals surface area contributed by atoms with Gasteiger partial charge in [-0.2, -0.15) is 0 Å². The molecular formula is C8H12N4O3. The van der Waals surface area contributed by atoms with Gasteiger partial charge in [0.2, 0.25) is 5.82 Å². The minimum Gasteiger partial charge on any atom is -0.391 e. The number of hydrogen-bond donors (Lipinski definition) is 1. The number of nitrogens with zero attached hydrogens (tertiary/aromatic N) is 4. The van der Waals surface area contributed by atoms with Crippen LogP contribution in [0.3, 0.4) is 0 Å². The van der Waals surface area contributed by atoms with Gasteiger partial charge in [0.1, 0.15) is 6.20 Å².